The molecule has 0 bridgehead atoms. The van der Waals surface area contributed by atoms with Crippen LogP contribution in [0.3, 0.4) is 0 Å². The molecule has 8 heteroatoms. The molecule has 1 aromatic heterocycles. The number of amides is 1. The highest BCUT2D eigenvalue weighted by molar-refractivity contribution is 8.26. The second-order valence-corrected chi connectivity index (χ2v) is 11.9. The number of thioether (sulfide) groups is 1. The summed E-state index contributed by atoms with van der Waals surface area (Å²) in [5, 5.41) is 9.76. The van der Waals surface area contributed by atoms with Crippen molar-refractivity contribution < 1.29 is 4.79 Å². The first-order chi connectivity index (χ1) is 18.3. The van der Waals surface area contributed by atoms with Crippen LogP contribution >= 0.6 is 24.0 Å². The number of nitrogens with zero attached hydrogens (tertiary/aromatic N) is 4. The van der Waals surface area contributed by atoms with Gasteiger partial charge in [0.2, 0.25) is 0 Å². The lowest BCUT2D eigenvalue weighted by Crippen LogP contribution is -2.39. The Morgan fingerprint density at radius 3 is 2.50 bits per heavy atom. The average Bonchev–Trinajstić information content (AvgIpc) is 3.18. The van der Waals surface area contributed by atoms with Crippen LogP contribution in [0.25, 0.3) is 6.08 Å². The Labute approximate surface area is 235 Å². The monoisotopic (exact) mass is 548 g/mol. The van der Waals surface area contributed by atoms with E-state index in [2.05, 4.69) is 42.2 Å². The minimum atomic E-state index is -0.299. The molecule has 1 amide bonds. The van der Waals surface area contributed by atoms with E-state index in [0.717, 1.165) is 69.4 Å². The van der Waals surface area contributed by atoms with E-state index in [1.807, 2.05) is 19.1 Å². The maximum Gasteiger partial charge on any atom is 0.270 e. The van der Waals surface area contributed by atoms with Gasteiger partial charge in [0.05, 0.1) is 4.91 Å². The van der Waals surface area contributed by atoms with Crippen molar-refractivity contribution in [2.45, 2.75) is 58.8 Å². The molecule has 4 rings (SSSR count). The highest BCUT2D eigenvalue weighted by Gasteiger charge is 2.33. The minimum absolute atomic E-state index is 0.0872. The van der Waals surface area contributed by atoms with Gasteiger partial charge >= 0.3 is 0 Å². The van der Waals surface area contributed by atoms with Crippen molar-refractivity contribution in [3.8, 4) is 6.07 Å². The first-order valence-electron chi connectivity index (χ1n) is 13.5. The fourth-order valence-corrected chi connectivity index (χ4v) is 6.70. The molecule has 6 nitrogen and oxygen atoms in total. The molecule has 1 aromatic carbocycles. The molecule has 38 heavy (non-hydrogen) atoms. The molecule has 0 atom stereocenters. The standard InChI is InChI=1S/C30H36N4O2S2/c1-4-5-6-10-15-34-29(36)26(38-30(34)37)19-24-21(2)25(20-31)28(35)32(3)27(24)33-16-13-23(14-17-33)18-22-11-8-7-9-12-22/h7-9,11-12,19,23H,4-6,10,13-18H2,1-3H3/b26-19+. The quantitative estimate of drug-likeness (QED) is 0.224. The van der Waals surface area contributed by atoms with E-state index < -0.39 is 0 Å². The summed E-state index contributed by atoms with van der Waals surface area (Å²) in [4.78, 5) is 30.9. The van der Waals surface area contributed by atoms with Crippen LogP contribution in [0.5, 0.6) is 0 Å². The number of thiocarbonyl (C=S) groups is 1. The fraction of sp³-hybridized carbons (Fsp3) is 0.467. The van der Waals surface area contributed by atoms with Gasteiger partial charge < -0.3 is 4.90 Å². The van der Waals surface area contributed by atoms with Gasteiger partial charge in [-0.3, -0.25) is 19.1 Å². The van der Waals surface area contributed by atoms with Crippen LogP contribution in [0.1, 0.15) is 67.7 Å². The molecular formula is C30H36N4O2S2. The van der Waals surface area contributed by atoms with Gasteiger partial charge in [0.25, 0.3) is 11.5 Å². The van der Waals surface area contributed by atoms with Crippen molar-refractivity contribution in [2.24, 2.45) is 13.0 Å². The van der Waals surface area contributed by atoms with Crippen molar-refractivity contribution in [2.75, 3.05) is 24.5 Å². The molecule has 0 N–H and O–H groups in total. The van der Waals surface area contributed by atoms with Crippen LogP contribution in [0.15, 0.2) is 40.0 Å². The molecule has 2 fully saturated rings. The number of carbonyl (C=O) groups excluding carboxylic acids is 1. The third-order valence-electron chi connectivity index (χ3n) is 7.63. The van der Waals surface area contributed by atoms with Crippen molar-refractivity contribution in [1.82, 2.24) is 9.47 Å². The molecule has 0 aliphatic carbocycles. The summed E-state index contributed by atoms with van der Waals surface area (Å²) in [6, 6.07) is 12.7. The number of carbonyl (C=O) groups is 1. The number of nitriles is 1. The topological polar surface area (TPSA) is 69.3 Å². The third kappa shape index (κ3) is 6.05. The van der Waals surface area contributed by atoms with Crippen LogP contribution < -0.4 is 10.5 Å². The largest absolute Gasteiger partial charge is 0.357 e. The van der Waals surface area contributed by atoms with E-state index in [1.54, 1.807) is 16.5 Å². The number of piperidine rings is 1. The van der Waals surface area contributed by atoms with Crippen molar-refractivity contribution in [3.05, 3.63) is 67.8 Å². The Balaban J connectivity index is 1.61. The van der Waals surface area contributed by atoms with Gasteiger partial charge in [-0.15, -0.1) is 0 Å². The SMILES string of the molecule is CCCCCCN1C(=O)/C(=C\c2c(C)c(C#N)c(=O)n(C)c2N2CCC(Cc3ccccc3)CC2)SC1=S. The van der Waals surface area contributed by atoms with Gasteiger partial charge in [-0.25, -0.2) is 0 Å². The molecule has 0 radical (unpaired) electrons. The Bertz CT molecular complexity index is 1320. The molecule has 2 saturated heterocycles. The number of benzene rings is 1. The van der Waals surface area contributed by atoms with E-state index in [-0.39, 0.29) is 17.0 Å². The lowest BCUT2D eigenvalue weighted by molar-refractivity contribution is -0.122. The summed E-state index contributed by atoms with van der Waals surface area (Å²) in [5.41, 5.74) is 2.55. The summed E-state index contributed by atoms with van der Waals surface area (Å²) in [5.74, 6) is 1.27. The highest BCUT2D eigenvalue weighted by Crippen LogP contribution is 2.37. The number of anilines is 1. The fourth-order valence-electron chi connectivity index (χ4n) is 5.41. The van der Waals surface area contributed by atoms with Crippen LogP contribution in [-0.2, 0) is 18.3 Å². The number of aromatic nitrogens is 1. The smallest absolute Gasteiger partial charge is 0.270 e. The number of rotatable bonds is 9. The summed E-state index contributed by atoms with van der Waals surface area (Å²) in [7, 11) is 1.73. The number of pyridine rings is 1. The zero-order valence-corrected chi connectivity index (χ0v) is 24.2. The second kappa shape index (κ2) is 12.8. The van der Waals surface area contributed by atoms with Crippen molar-refractivity contribution in [3.63, 3.8) is 0 Å². The molecule has 0 spiro atoms. The second-order valence-electron chi connectivity index (χ2n) is 10.2. The lowest BCUT2D eigenvalue weighted by Gasteiger charge is -2.36. The van der Waals surface area contributed by atoms with Crippen LogP contribution in [-0.4, -0.2) is 39.3 Å². The van der Waals surface area contributed by atoms with Crippen molar-refractivity contribution >= 4 is 46.1 Å². The molecule has 200 valence electrons. The van der Waals surface area contributed by atoms with E-state index in [4.69, 9.17) is 12.2 Å². The average molecular weight is 549 g/mol. The van der Waals surface area contributed by atoms with Crippen LogP contribution in [0.2, 0.25) is 0 Å². The summed E-state index contributed by atoms with van der Waals surface area (Å²) < 4.78 is 2.16. The predicted molar refractivity (Wildman–Crippen MR) is 160 cm³/mol. The molecule has 2 aromatic rings. The summed E-state index contributed by atoms with van der Waals surface area (Å²) >= 11 is 6.86. The third-order valence-corrected chi connectivity index (χ3v) is 9.01. The highest BCUT2D eigenvalue weighted by atomic mass is 32.2. The Kier molecular flexibility index (Phi) is 9.45. The first kappa shape index (κ1) is 28.1. The maximum atomic E-state index is 13.3. The van der Waals surface area contributed by atoms with Gasteiger partial charge in [-0.1, -0.05) is 80.5 Å². The van der Waals surface area contributed by atoms with Crippen LogP contribution in [0.4, 0.5) is 5.82 Å². The molecule has 0 unspecified atom stereocenters. The van der Waals surface area contributed by atoms with E-state index >= 15 is 0 Å². The van der Waals surface area contributed by atoms with E-state index in [1.165, 1.54) is 17.3 Å². The summed E-state index contributed by atoms with van der Waals surface area (Å²) in [6.45, 7) is 6.23. The minimum Gasteiger partial charge on any atom is -0.357 e. The first-order valence-corrected chi connectivity index (χ1v) is 14.8. The molecule has 3 heterocycles. The lowest BCUT2D eigenvalue weighted by atomic mass is 9.90. The van der Waals surface area contributed by atoms with Crippen molar-refractivity contribution in [1.29, 1.82) is 5.26 Å². The predicted octanol–water partition coefficient (Wildman–Crippen LogP) is 5.81. The molecule has 2 aliphatic heterocycles. The van der Waals surface area contributed by atoms with Crippen LogP contribution in [0, 0.1) is 24.2 Å². The van der Waals surface area contributed by atoms with Gasteiger partial charge in [0, 0.05) is 32.2 Å². The molecule has 0 saturated carbocycles. The van der Waals surface area contributed by atoms with Gasteiger partial charge in [0.15, 0.2) is 0 Å². The number of unbranched alkanes of at least 4 members (excludes halogenated alkanes) is 3. The Morgan fingerprint density at radius 1 is 1.13 bits per heavy atom. The molecule has 2 aliphatic rings. The maximum absolute atomic E-state index is 13.3. The van der Waals surface area contributed by atoms with E-state index in [9.17, 15) is 14.9 Å². The summed E-state index contributed by atoms with van der Waals surface area (Å²) in [6.07, 6.45) is 9.21. The molecular weight excluding hydrogens is 512 g/mol. The normalized spacial score (nSPS) is 17.5. The zero-order chi connectivity index (χ0) is 27.2. The number of hydrogen-bond acceptors (Lipinski definition) is 6. The Morgan fingerprint density at radius 2 is 1.84 bits per heavy atom. The zero-order valence-electron chi connectivity index (χ0n) is 22.5. The Hall–Kier alpha value is -2.89. The number of hydrogen-bond donors (Lipinski definition) is 0. The van der Waals surface area contributed by atoms with Gasteiger partial charge in [-0.05, 0) is 55.7 Å². The van der Waals surface area contributed by atoms with Gasteiger partial charge in [-0.2, -0.15) is 5.26 Å². The van der Waals surface area contributed by atoms with Gasteiger partial charge in [0.1, 0.15) is 21.8 Å². The van der Waals surface area contributed by atoms with E-state index in [0.29, 0.717) is 27.3 Å².